The second kappa shape index (κ2) is 7.21. The van der Waals surface area contributed by atoms with Crippen LogP contribution < -0.4 is 0 Å². The summed E-state index contributed by atoms with van der Waals surface area (Å²) in [6, 6.07) is 0. The molecule has 2 atom stereocenters. The zero-order valence-corrected chi connectivity index (χ0v) is 9.01. The molecular weight excluding hydrogens is 176 g/mol. The fraction of sp³-hybridized carbons (Fsp3) is 0.455. The fourth-order valence-electron chi connectivity index (χ4n) is 1.01. The van der Waals surface area contributed by atoms with E-state index in [1.54, 1.807) is 12.3 Å². The number of aliphatic hydroxyl groups excluding tert-OH is 1. The molecule has 0 bridgehead atoms. The average molecular weight is 194 g/mol. The van der Waals surface area contributed by atoms with E-state index >= 15 is 0 Å². The van der Waals surface area contributed by atoms with Crippen LogP contribution >= 0.6 is 0 Å². The van der Waals surface area contributed by atoms with Crippen molar-refractivity contribution in [2.45, 2.75) is 26.9 Å². The molecule has 3 heteroatoms. The summed E-state index contributed by atoms with van der Waals surface area (Å²) in [5.41, 5.74) is 0. The van der Waals surface area contributed by atoms with E-state index in [2.05, 4.69) is 16.7 Å². The Morgan fingerprint density at radius 2 is 2.00 bits per heavy atom. The number of aliphatic hydroxyl groups is 1. The first-order chi connectivity index (χ1) is 6.67. The van der Waals surface area contributed by atoms with Crippen molar-refractivity contribution in [3.63, 3.8) is 0 Å². The molecule has 0 aliphatic heterocycles. The van der Waals surface area contributed by atoms with Gasteiger partial charge in [-0.3, -0.25) is 0 Å². The number of aliphatic imine (C=N–C) groups is 2. The Labute approximate surface area is 85.6 Å². The average Bonchev–Trinajstić information content (AvgIpc) is 2.19. The Morgan fingerprint density at radius 3 is 2.43 bits per heavy atom. The van der Waals surface area contributed by atoms with E-state index < -0.39 is 6.10 Å². The van der Waals surface area contributed by atoms with E-state index in [9.17, 15) is 5.11 Å². The molecule has 1 unspecified atom stereocenters. The van der Waals surface area contributed by atoms with Crippen LogP contribution in [-0.2, 0) is 0 Å². The van der Waals surface area contributed by atoms with E-state index in [1.807, 2.05) is 32.9 Å². The third kappa shape index (κ3) is 4.14. The predicted molar refractivity (Wildman–Crippen MR) is 61.8 cm³/mol. The van der Waals surface area contributed by atoms with Gasteiger partial charge in [0, 0.05) is 12.1 Å². The number of amidine groups is 1. The van der Waals surface area contributed by atoms with Gasteiger partial charge < -0.3 is 5.11 Å². The molecule has 0 saturated carbocycles. The highest BCUT2D eigenvalue weighted by Crippen LogP contribution is 2.07. The zero-order chi connectivity index (χ0) is 11.0. The van der Waals surface area contributed by atoms with Crippen molar-refractivity contribution in [3.05, 3.63) is 24.4 Å². The van der Waals surface area contributed by atoms with Crippen molar-refractivity contribution in [2.24, 2.45) is 15.9 Å². The second-order valence-corrected chi connectivity index (χ2v) is 2.96. The molecule has 0 heterocycles. The molecule has 0 aliphatic rings. The number of nitrogens with zero attached hydrogens (tertiary/aromatic N) is 2. The zero-order valence-electron chi connectivity index (χ0n) is 9.01. The smallest absolute Gasteiger partial charge is 0.156 e. The molecule has 78 valence electrons. The Kier molecular flexibility index (Phi) is 6.58. The molecule has 0 fully saturated rings. The number of rotatable bonds is 4. The molecule has 0 aromatic heterocycles. The molecule has 3 nitrogen and oxygen atoms in total. The van der Waals surface area contributed by atoms with Gasteiger partial charge in [-0.05, 0) is 20.6 Å². The summed E-state index contributed by atoms with van der Waals surface area (Å²) in [5.74, 6) is 0.350. The highest BCUT2D eigenvalue weighted by Gasteiger charge is 2.16. The van der Waals surface area contributed by atoms with Crippen molar-refractivity contribution in [2.75, 3.05) is 0 Å². The number of allylic oxidation sites excluding steroid dienone is 2. The molecule has 0 spiro atoms. The monoisotopic (exact) mass is 194 g/mol. The third-order valence-electron chi connectivity index (χ3n) is 1.78. The van der Waals surface area contributed by atoms with Gasteiger partial charge in [0.1, 0.15) is 6.10 Å². The van der Waals surface area contributed by atoms with Gasteiger partial charge in [0.25, 0.3) is 0 Å². The summed E-state index contributed by atoms with van der Waals surface area (Å²) in [7, 11) is 0. The van der Waals surface area contributed by atoms with Crippen LogP contribution in [0.1, 0.15) is 20.8 Å². The summed E-state index contributed by atoms with van der Waals surface area (Å²) < 4.78 is 0. The molecule has 0 aliphatic carbocycles. The van der Waals surface area contributed by atoms with Crippen molar-refractivity contribution in [1.82, 2.24) is 0 Å². The third-order valence-corrected chi connectivity index (χ3v) is 1.78. The van der Waals surface area contributed by atoms with Crippen molar-refractivity contribution >= 4 is 12.6 Å². The summed E-state index contributed by atoms with van der Waals surface area (Å²) >= 11 is 0. The lowest BCUT2D eigenvalue weighted by molar-refractivity contribution is 0.202. The van der Waals surface area contributed by atoms with Crippen LogP contribution in [0.25, 0.3) is 0 Å². The lowest BCUT2D eigenvalue weighted by Crippen LogP contribution is -2.25. The van der Waals surface area contributed by atoms with E-state index in [0.29, 0.717) is 5.84 Å². The van der Waals surface area contributed by atoms with Gasteiger partial charge in [-0.1, -0.05) is 25.2 Å². The predicted octanol–water partition coefficient (Wildman–Crippen LogP) is 2.19. The van der Waals surface area contributed by atoms with E-state index in [4.69, 9.17) is 0 Å². The van der Waals surface area contributed by atoms with Crippen LogP contribution in [0.15, 0.2) is 34.4 Å². The largest absolute Gasteiger partial charge is 0.384 e. The van der Waals surface area contributed by atoms with Crippen molar-refractivity contribution < 1.29 is 5.11 Å². The SMILES string of the molecule is C=NC(=N/C=C\C)C(O)[C@@H](C)/C=C/C. The van der Waals surface area contributed by atoms with Crippen LogP contribution in [0, 0.1) is 5.92 Å². The first kappa shape index (κ1) is 12.8. The van der Waals surface area contributed by atoms with Gasteiger partial charge in [0.15, 0.2) is 5.84 Å². The summed E-state index contributed by atoms with van der Waals surface area (Å²) in [4.78, 5) is 7.68. The second-order valence-electron chi connectivity index (χ2n) is 2.96. The maximum Gasteiger partial charge on any atom is 0.156 e. The maximum atomic E-state index is 9.79. The normalized spacial score (nSPS) is 17.6. The topological polar surface area (TPSA) is 45.0 Å². The Hall–Kier alpha value is -1.22. The maximum absolute atomic E-state index is 9.79. The molecule has 0 rings (SSSR count). The Bertz CT molecular complexity index is 254. The van der Waals surface area contributed by atoms with Crippen LogP contribution in [0.5, 0.6) is 0 Å². The molecule has 14 heavy (non-hydrogen) atoms. The molecule has 0 aromatic rings. The molecular formula is C11H18N2O. The van der Waals surface area contributed by atoms with Crippen LogP contribution in [-0.4, -0.2) is 23.8 Å². The fourth-order valence-corrected chi connectivity index (χ4v) is 1.01. The van der Waals surface area contributed by atoms with Crippen LogP contribution in [0.2, 0.25) is 0 Å². The Balaban J connectivity index is 4.60. The van der Waals surface area contributed by atoms with E-state index in [1.165, 1.54) is 0 Å². The first-order valence-corrected chi connectivity index (χ1v) is 4.63. The van der Waals surface area contributed by atoms with Gasteiger partial charge in [0.05, 0.1) is 0 Å². The summed E-state index contributed by atoms with van der Waals surface area (Å²) in [5, 5.41) is 9.79. The lowest BCUT2D eigenvalue weighted by Gasteiger charge is -2.13. The van der Waals surface area contributed by atoms with Gasteiger partial charge in [-0.25, -0.2) is 9.98 Å². The quantitative estimate of drug-likeness (QED) is 0.416. The Morgan fingerprint density at radius 1 is 1.36 bits per heavy atom. The summed E-state index contributed by atoms with van der Waals surface area (Å²) in [6.45, 7) is 9.05. The first-order valence-electron chi connectivity index (χ1n) is 4.63. The standard InChI is InChI=1S/C11H18N2O/c1-5-7-9(3)10(14)11(12-4)13-8-6-2/h5-10,14H,4H2,1-3H3/b7-5+,8-6-,13-11?/t9-,10?/m0/s1. The van der Waals surface area contributed by atoms with E-state index in [-0.39, 0.29) is 5.92 Å². The van der Waals surface area contributed by atoms with Gasteiger partial charge in [0.2, 0.25) is 0 Å². The minimum Gasteiger partial charge on any atom is -0.384 e. The van der Waals surface area contributed by atoms with Crippen molar-refractivity contribution in [3.8, 4) is 0 Å². The van der Waals surface area contributed by atoms with Crippen molar-refractivity contribution in [1.29, 1.82) is 0 Å². The minimum absolute atomic E-state index is 0.00509. The number of hydrogen-bond acceptors (Lipinski definition) is 2. The molecule has 1 N–H and O–H groups in total. The lowest BCUT2D eigenvalue weighted by atomic mass is 10.0. The van der Waals surface area contributed by atoms with Gasteiger partial charge >= 0.3 is 0 Å². The summed E-state index contributed by atoms with van der Waals surface area (Å²) in [6.07, 6.45) is 6.47. The molecule has 0 radical (unpaired) electrons. The van der Waals surface area contributed by atoms with E-state index in [0.717, 1.165) is 0 Å². The van der Waals surface area contributed by atoms with Gasteiger partial charge in [-0.2, -0.15) is 0 Å². The molecule has 0 amide bonds. The highest BCUT2D eigenvalue weighted by atomic mass is 16.3. The molecule has 0 aromatic carbocycles. The number of hydrogen-bond donors (Lipinski definition) is 1. The van der Waals surface area contributed by atoms with Crippen LogP contribution in [0.4, 0.5) is 0 Å². The van der Waals surface area contributed by atoms with Crippen LogP contribution in [0.3, 0.4) is 0 Å². The minimum atomic E-state index is -0.695. The molecule has 0 saturated heterocycles. The van der Waals surface area contributed by atoms with Gasteiger partial charge in [-0.15, -0.1) is 0 Å². The highest BCUT2D eigenvalue weighted by molar-refractivity contribution is 5.90.